The van der Waals surface area contributed by atoms with Crippen molar-refractivity contribution in [1.82, 2.24) is 0 Å². The van der Waals surface area contributed by atoms with Crippen LogP contribution in [-0.2, 0) is 4.79 Å². The van der Waals surface area contributed by atoms with Gasteiger partial charge in [0.25, 0.3) is 0 Å². The van der Waals surface area contributed by atoms with E-state index in [0.717, 1.165) is 0 Å². The van der Waals surface area contributed by atoms with Gasteiger partial charge in [-0.3, -0.25) is 9.59 Å². The average Bonchev–Trinajstić information content (AvgIpc) is 2.56. The molecule has 0 saturated carbocycles. The van der Waals surface area contributed by atoms with Crippen LogP contribution in [0.25, 0.3) is 21.9 Å². The first kappa shape index (κ1) is 17.1. The summed E-state index contributed by atoms with van der Waals surface area (Å²) in [5.74, 6) is 0.405. The van der Waals surface area contributed by atoms with Crippen LogP contribution in [0.3, 0.4) is 0 Å². The van der Waals surface area contributed by atoms with E-state index in [1.165, 1.54) is 33.3 Å². The number of rotatable bonds is 3. The summed E-state index contributed by atoms with van der Waals surface area (Å²) >= 11 is 6.31. The minimum atomic E-state index is -0.478. The predicted molar refractivity (Wildman–Crippen MR) is 94.2 cm³/mol. The van der Waals surface area contributed by atoms with Gasteiger partial charge in [-0.25, -0.2) is 0 Å². The van der Waals surface area contributed by atoms with E-state index in [0.29, 0.717) is 16.9 Å². The Bertz CT molecular complexity index is 1070. The molecule has 130 valence electrons. The number of benzene rings is 2. The van der Waals surface area contributed by atoms with Crippen LogP contribution in [0.5, 0.6) is 17.2 Å². The Balaban J connectivity index is 2.48. The maximum Gasteiger partial charge on any atom is 0.308 e. The maximum atomic E-state index is 13.0. The van der Waals surface area contributed by atoms with Crippen molar-refractivity contribution in [3.05, 3.63) is 39.0 Å². The zero-order valence-corrected chi connectivity index (χ0v) is 14.8. The number of carbonyl (C=O) groups is 1. The van der Waals surface area contributed by atoms with Crippen molar-refractivity contribution in [1.29, 1.82) is 0 Å². The molecule has 3 aromatic rings. The zero-order chi connectivity index (χ0) is 18.3. The van der Waals surface area contributed by atoms with Crippen LogP contribution in [0, 0.1) is 6.92 Å². The molecule has 0 bridgehead atoms. The Morgan fingerprint density at radius 2 is 1.76 bits per heavy atom. The summed E-state index contributed by atoms with van der Waals surface area (Å²) in [7, 11) is 2.90. The van der Waals surface area contributed by atoms with Crippen LogP contribution in [0.4, 0.5) is 0 Å². The van der Waals surface area contributed by atoms with Crippen LogP contribution < -0.4 is 19.6 Å². The largest absolute Gasteiger partial charge is 0.496 e. The molecular weight excluding hydrogens is 348 g/mol. The van der Waals surface area contributed by atoms with Gasteiger partial charge in [0.2, 0.25) is 5.43 Å². The minimum absolute atomic E-state index is 0.179. The van der Waals surface area contributed by atoms with Gasteiger partial charge in [-0.05, 0) is 24.6 Å². The van der Waals surface area contributed by atoms with Crippen LogP contribution in [0.1, 0.15) is 12.5 Å². The molecule has 1 heterocycles. The Labute approximate surface area is 147 Å². The summed E-state index contributed by atoms with van der Waals surface area (Å²) in [5.41, 5.74) is 0.824. The molecule has 3 rings (SSSR count). The maximum absolute atomic E-state index is 13.0. The number of fused-ring (bicyclic) bond motifs is 2. The van der Waals surface area contributed by atoms with Crippen LogP contribution in [0.2, 0.25) is 5.02 Å². The number of esters is 1. The number of halogens is 1. The van der Waals surface area contributed by atoms with Crippen molar-refractivity contribution in [2.24, 2.45) is 0 Å². The summed E-state index contributed by atoms with van der Waals surface area (Å²) in [5, 5.41) is 0.643. The van der Waals surface area contributed by atoms with Crippen molar-refractivity contribution in [2.45, 2.75) is 13.8 Å². The first-order valence-electron chi connectivity index (χ1n) is 7.37. The predicted octanol–water partition coefficient (Wildman–Crippen LogP) is 3.85. The number of ether oxygens (including phenoxy) is 3. The van der Waals surface area contributed by atoms with Gasteiger partial charge in [0.15, 0.2) is 5.58 Å². The first-order chi connectivity index (χ1) is 11.9. The Hall–Kier alpha value is -2.73. The van der Waals surface area contributed by atoms with E-state index < -0.39 is 5.97 Å². The molecule has 0 aliphatic heterocycles. The molecule has 25 heavy (non-hydrogen) atoms. The standard InChI is InChI=1S/C18H15ClO6/c1-8-5-10(24-9(2)20)6-11-16(21)14-12(22-3)7-13(23-4)15(19)18(14)25-17(8)11/h5-7H,1-4H3. The highest BCUT2D eigenvalue weighted by Crippen LogP contribution is 2.39. The molecule has 1 aromatic heterocycles. The molecule has 0 unspecified atom stereocenters. The number of aryl methyl sites for hydroxylation is 1. The number of hydrogen-bond donors (Lipinski definition) is 0. The molecule has 0 radical (unpaired) electrons. The van der Waals surface area contributed by atoms with E-state index in [-0.39, 0.29) is 38.3 Å². The molecule has 0 atom stereocenters. The molecule has 6 nitrogen and oxygen atoms in total. The quantitative estimate of drug-likeness (QED) is 0.400. The van der Waals surface area contributed by atoms with E-state index in [2.05, 4.69) is 0 Å². The average molecular weight is 363 g/mol. The van der Waals surface area contributed by atoms with E-state index in [1.807, 2.05) is 0 Å². The number of carbonyl (C=O) groups excluding carboxylic acids is 1. The van der Waals surface area contributed by atoms with E-state index >= 15 is 0 Å². The fourth-order valence-electron chi connectivity index (χ4n) is 2.72. The molecule has 0 amide bonds. The van der Waals surface area contributed by atoms with Crippen molar-refractivity contribution in [3.63, 3.8) is 0 Å². The lowest BCUT2D eigenvalue weighted by Gasteiger charge is -2.12. The molecule has 0 aliphatic rings. The van der Waals surface area contributed by atoms with Gasteiger partial charge in [-0.2, -0.15) is 0 Å². The summed E-state index contributed by atoms with van der Waals surface area (Å²) in [4.78, 5) is 24.2. The third-order valence-corrected chi connectivity index (χ3v) is 4.13. The minimum Gasteiger partial charge on any atom is -0.496 e. The first-order valence-corrected chi connectivity index (χ1v) is 7.75. The summed E-state index contributed by atoms with van der Waals surface area (Å²) < 4.78 is 21.5. The van der Waals surface area contributed by atoms with Gasteiger partial charge in [0, 0.05) is 13.0 Å². The van der Waals surface area contributed by atoms with Gasteiger partial charge >= 0.3 is 5.97 Å². The summed E-state index contributed by atoms with van der Waals surface area (Å²) in [6, 6.07) is 4.60. The summed E-state index contributed by atoms with van der Waals surface area (Å²) in [6.45, 7) is 3.03. The van der Waals surface area contributed by atoms with E-state index in [9.17, 15) is 9.59 Å². The highest BCUT2D eigenvalue weighted by Gasteiger charge is 2.20. The van der Waals surface area contributed by atoms with Crippen molar-refractivity contribution < 1.29 is 23.4 Å². The highest BCUT2D eigenvalue weighted by molar-refractivity contribution is 6.36. The SMILES string of the molecule is COc1cc(OC)c2c(=O)c3cc(OC(C)=O)cc(C)c3oc2c1Cl. The van der Waals surface area contributed by atoms with E-state index in [1.54, 1.807) is 13.0 Å². The molecule has 0 fully saturated rings. The number of methoxy groups -OCH3 is 2. The third kappa shape index (κ3) is 2.78. The molecule has 0 N–H and O–H groups in total. The van der Waals surface area contributed by atoms with E-state index in [4.69, 9.17) is 30.2 Å². The summed E-state index contributed by atoms with van der Waals surface area (Å²) in [6.07, 6.45) is 0. The van der Waals surface area contributed by atoms with Gasteiger partial charge in [0.1, 0.15) is 33.2 Å². The van der Waals surface area contributed by atoms with Crippen molar-refractivity contribution >= 4 is 39.5 Å². The topological polar surface area (TPSA) is 75.0 Å². The van der Waals surface area contributed by atoms with Crippen LogP contribution in [-0.4, -0.2) is 20.2 Å². The molecule has 2 aromatic carbocycles. The Kier molecular flexibility index (Phi) is 4.30. The van der Waals surface area contributed by atoms with Crippen LogP contribution in [0.15, 0.2) is 27.4 Å². The fraction of sp³-hybridized carbons (Fsp3) is 0.222. The second-order valence-electron chi connectivity index (χ2n) is 5.44. The van der Waals surface area contributed by atoms with Gasteiger partial charge in [0.05, 0.1) is 19.6 Å². The zero-order valence-electron chi connectivity index (χ0n) is 14.1. The monoisotopic (exact) mass is 362 g/mol. The normalized spacial score (nSPS) is 10.9. The van der Waals surface area contributed by atoms with Crippen molar-refractivity contribution in [2.75, 3.05) is 14.2 Å². The van der Waals surface area contributed by atoms with Crippen molar-refractivity contribution in [3.8, 4) is 17.2 Å². The van der Waals surface area contributed by atoms with Gasteiger partial charge in [-0.15, -0.1) is 0 Å². The fourth-order valence-corrected chi connectivity index (χ4v) is 2.98. The Morgan fingerprint density at radius 1 is 1.08 bits per heavy atom. The lowest BCUT2D eigenvalue weighted by molar-refractivity contribution is -0.131. The van der Waals surface area contributed by atoms with Gasteiger partial charge in [-0.1, -0.05) is 11.6 Å². The second-order valence-corrected chi connectivity index (χ2v) is 5.82. The third-order valence-electron chi connectivity index (χ3n) is 3.78. The lowest BCUT2D eigenvalue weighted by atomic mass is 10.1. The lowest BCUT2D eigenvalue weighted by Crippen LogP contribution is -2.07. The molecule has 7 heteroatoms. The molecule has 0 saturated heterocycles. The second kappa shape index (κ2) is 6.29. The highest BCUT2D eigenvalue weighted by atomic mass is 35.5. The Morgan fingerprint density at radius 3 is 2.36 bits per heavy atom. The van der Waals surface area contributed by atoms with Gasteiger partial charge < -0.3 is 18.6 Å². The number of hydrogen-bond acceptors (Lipinski definition) is 6. The smallest absolute Gasteiger partial charge is 0.308 e. The van der Waals surface area contributed by atoms with Crippen LogP contribution >= 0.6 is 11.6 Å². The molecular formula is C18H15ClO6. The molecule has 0 aliphatic carbocycles. The molecule has 0 spiro atoms.